The lowest BCUT2D eigenvalue weighted by atomic mass is 10.3. The number of anilines is 5. The van der Waals surface area contributed by atoms with Crippen molar-refractivity contribution in [1.29, 1.82) is 0 Å². The molecule has 0 atom stereocenters. The van der Waals surface area contributed by atoms with Gasteiger partial charge >= 0.3 is 0 Å². The summed E-state index contributed by atoms with van der Waals surface area (Å²) < 4.78 is 26.3. The van der Waals surface area contributed by atoms with E-state index in [1.165, 1.54) is 24.3 Å². The summed E-state index contributed by atoms with van der Waals surface area (Å²) in [4.78, 5) is 17.3. The number of hydrogen-bond donors (Lipinski definition) is 3. The van der Waals surface area contributed by atoms with Crippen molar-refractivity contribution >= 4 is 29.2 Å². The van der Waals surface area contributed by atoms with Gasteiger partial charge in [0.05, 0.1) is 12.2 Å². The number of hydrogen-bond acceptors (Lipinski definition) is 7. The van der Waals surface area contributed by atoms with Gasteiger partial charge in [0.2, 0.25) is 17.8 Å². The molecule has 0 amide bonds. The summed E-state index contributed by atoms with van der Waals surface area (Å²) in [5.41, 5.74) is 2.05. The highest BCUT2D eigenvalue weighted by atomic mass is 19.1. The van der Waals surface area contributed by atoms with Crippen LogP contribution in [0.5, 0.6) is 0 Å². The summed E-state index contributed by atoms with van der Waals surface area (Å²) in [7, 11) is 0. The second-order valence-corrected chi connectivity index (χ2v) is 6.24. The number of aromatic nitrogens is 4. The average molecular weight is 405 g/mol. The van der Waals surface area contributed by atoms with E-state index in [-0.39, 0.29) is 23.5 Å². The summed E-state index contributed by atoms with van der Waals surface area (Å²) in [6.45, 7) is 0.414. The van der Waals surface area contributed by atoms with Crippen LogP contribution in [0.15, 0.2) is 72.9 Å². The molecule has 0 aliphatic heterocycles. The van der Waals surface area contributed by atoms with E-state index >= 15 is 0 Å². The van der Waals surface area contributed by atoms with Crippen LogP contribution >= 0.6 is 0 Å². The fraction of sp³-hybridized carbons (Fsp3) is 0.0476. The Bertz CT molecular complexity index is 1040. The summed E-state index contributed by atoms with van der Waals surface area (Å²) in [5.74, 6) is 0.138. The van der Waals surface area contributed by atoms with E-state index in [1.54, 1.807) is 30.5 Å². The van der Waals surface area contributed by atoms with Crippen LogP contribution < -0.4 is 16.0 Å². The van der Waals surface area contributed by atoms with E-state index in [9.17, 15) is 8.78 Å². The Morgan fingerprint density at radius 3 is 1.67 bits per heavy atom. The van der Waals surface area contributed by atoms with Gasteiger partial charge in [-0.3, -0.25) is 4.98 Å². The van der Waals surface area contributed by atoms with Crippen LogP contribution in [0, 0.1) is 11.6 Å². The molecular formula is C21H17F2N7. The highest BCUT2D eigenvalue weighted by molar-refractivity contribution is 5.59. The van der Waals surface area contributed by atoms with Crippen LogP contribution in [-0.4, -0.2) is 19.9 Å². The van der Waals surface area contributed by atoms with Crippen LogP contribution in [0.4, 0.5) is 38.0 Å². The molecule has 0 unspecified atom stereocenters. The van der Waals surface area contributed by atoms with Crippen molar-refractivity contribution in [3.8, 4) is 0 Å². The molecule has 2 aromatic carbocycles. The van der Waals surface area contributed by atoms with E-state index in [1.807, 2.05) is 18.2 Å². The first-order valence-corrected chi connectivity index (χ1v) is 9.09. The lowest BCUT2D eigenvalue weighted by molar-refractivity contribution is 0.627. The third-order valence-corrected chi connectivity index (χ3v) is 3.99. The Kier molecular flexibility index (Phi) is 5.70. The van der Waals surface area contributed by atoms with E-state index in [2.05, 4.69) is 35.9 Å². The monoisotopic (exact) mass is 405 g/mol. The van der Waals surface area contributed by atoms with Crippen LogP contribution in [0.25, 0.3) is 0 Å². The third-order valence-electron chi connectivity index (χ3n) is 3.99. The highest BCUT2D eigenvalue weighted by Crippen LogP contribution is 2.19. The third kappa shape index (κ3) is 5.22. The molecule has 30 heavy (non-hydrogen) atoms. The van der Waals surface area contributed by atoms with Gasteiger partial charge in [-0.05, 0) is 60.7 Å². The van der Waals surface area contributed by atoms with E-state index in [4.69, 9.17) is 0 Å². The number of nitrogens with one attached hydrogen (secondary N) is 3. The minimum absolute atomic E-state index is 0.254. The van der Waals surface area contributed by atoms with Crippen LogP contribution in [0.3, 0.4) is 0 Å². The molecule has 0 radical (unpaired) electrons. The molecule has 3 N–H and O–H groups in total. The van der Waals surface area contributed by atoms with Gasteiger partial charge in [-0.2, -0.15) is 15.0 Å². The smallest absolute Gasteiger partial charge is 0.233 e. The molecular weight excluding hydrogens is 388 g/mol. The predicted molar refractivity (Wildman–Crippen MR) is 111 cm³/mol. The van der Waals surface area contributed by atoms with Gasteiger partial charge in [0.1, 0.15) is 11.6 Å². The van der Waals surface area contributed by atoms with Crippen molar-refractivity contribution in [2.45, 2.75) is 6.54 Å². The Balaban J connectivity index is 1.58. The molecule has 4 aromatic rings. The number of rotatable bonds is 7. The van der Waals surface area contributed by atoms with Crippen molar-refractivity contribution in [2.24, 2.45) is 0 Å². The fourth-order valence-electron chi connectivity index (χ4n) is 2.56. The molecule has 2 heterocycles. The molecule has 0 aliphatic rings. The first kappa shape index (κ1) is 19.2. The maximum atomic E-state index is 13.2. The summed E-state index contributed by atoms with van der Waals surface area (Å²) in [5, 5.41) is 9.15. The molecule has 150 valence electrons. The lowest BCUT2D eigenvalue weighted by Gasteiger charge is -2.11. The van der Waals surface area contributed by atoms with Crippen LogP contribution in [0.2, 0.25) is 0 Å². The Morgan fingerprint density at radius 1 is 0.633 bits per heavy atom. The van der Waals surface area contributed by atoms with Gasteiger partial charge in [0.15, 0.2) is 0 Å². The summed E-state index contributed by atoms with van der Waals surface area (Å²) >= 11 is 0. The van der Waals surface area contributed by atoms with Crippen LogP contribution in [-0.2, 0) is 6.54 Å². The Hall–Kier alpha value is -4.14. The second-order valence-electron chi connectivity index (χ2n) is 6.24. The van der Waals surface area contributed by atoms with Crippen molar-refractivity contribution in [1.82, 2.24) is 19.9 Å². The van der Waals surface area contributed by atoms with Gasteiger partial charge in [-0.25, -0.2) is 8.78 Å². The zero-order valence-corrected chi connectivity index (χ0v) is 15.7. The first-order valence-electron chi connectivity index (χ1n) is 9.09. The van der Waals surface area contributed by atoms with Crippen molar-refractivity contribution in [2.75, 3.05) is 16.0 Å². The topological polar surface area (TPSA) is 87.7 Å². The van der Waals surface area contributed by atoms with E-state index in [0.717, 1.165) is 5.69 Å². The van der Waals surface area contributed by atoms with E-state index in [0.29, 0.717) is 23.9 Å². The second kappa shape index (κ2) is 8.91. The lowest BCUT2D eigenvalue weighted by Crippen LogP contribution is -2.10. The summed E-state index contributed by atoms with van der Waals surface area (Å²) in [6, 6.07) is 17.2. The van der Waals surface area contributed by atoms with E-state index < -0.39 is 0 Å². The SMILES string of the molecule is Fc1ccc(Nc2nc(NCc3ccccn3)nc(Nc3ccc(F)cc3)n2)cc1. The molecule has 0 spiro atoms. The molecule has 2 aromatic heterocycles. The fourth-order valence-corrected chi connectivity index (χ4v) is 2.56. The Morgan fingerprint density at radius 2 is 1.17 bits per heavy atom. The standard InChI is InChI=1S/C21H17F2N7/c22-14-4-8-16(9-5-14)26-20-28-19(25-13-18-3-1-2-12-24-18)29-21(30-20)27-17-10-6-15(23)7-11-17/h1-12H,13H2,(H3,25,26,27,28,29,30). The van der Waals surface area contributed by atoms with Gasteiger partial charge in [-0.1, -0.05) is 6.07 Å². The minimum Gasteiger partial charge on any atom is -0.348 e. The molecule has 0 bridgehead atoms. The zero-order valence-electron chi connectivity index (χ0n) is 15.7. The number of nitrogens with zero attached hydrogens (tertiary/aromatic N) is 4. The molecule has 4 rings (SSSR count). The minimum atomic E-state index is -0.340. The molecule has 0 saturated heterocycles. The molecule has 0 aliphatic carbocycles. The maximum absolute atomic E-state index is 13.2. The normalized spacial score (nSPS) is 10.5. The van der Waals surface area contributed by atoms with Gasteiger partial charge < -0.3 is 16.0 Å². The average Bonchev–Trinajstić information content (AvgIpc) is 2.76. The summed E-state index contributed by atoms with van der Waals surface area (Å²) in [6.07, 6.45) is 1.70. The van der Waals surface area contributed by atoms with Gasteiger partial charge in [-0.15, -0.1) is 0 Å². The largest absolute Gasteiger partial charge is 0.348 e. The van der Waals surface area contributed by atoms with Crippen molar-refractivity contribution < 1.29 is 8.78 Å². The number of halogens is 2. The predicted octanol–water partition coefficient (Wildman–Crippen LogP) is 4.64. The first-order chi connectivity index (χ1) is 14.6. The maximum Gasteiger partial charge on any atom is 0.233 e. The molecule has 9 heteroatoms. The number of pyridine rings is 1. The van der Waals surface area contributed by atoms with Gasteiger partial charge in [0.25, 0.3) is 0 Å². The highest BCUT2D eigenvalue weighted by Gasteiger charge is 2.08. The van der Waals surface area contributed by atoms with Gasteiger partial charge in [0, 0.05) is 17.6 Å². The van der Waals surface area contributed by atoms with Crippen LogP contribution in [0.1, 0.15) is 5.69 Å². The molecule has 7 nitrogen and oxygen atoms in total. The number of benzene rings is 2. The molecule has 0 saturated carbocycles. The van der Waals surface area contributed by atoms with Crippen molar-refractivity contribution in [3.05, 3.63) is 90.3 Å². The quantitative estimate of drug-likeness (QED) is 0.413. The molecule has 0 fully saturated rings. The van der Waals surface area contributed by atoms with Crippen molar-refractivity contribution in [3.63, 3.8) is 0 Å². The Labute approximate surface area is 171 Å². The zero-order chi connectivity index (χ0) is 20.8.